The number of hydrogen-bond donors (Lipinski definition) is 1. The SMILES string of the molecule is CCc1[nH]c(-c2ccc(F)cc2)nc1C(=O)OC. The van der Waals surface area contributed by atoms with Gasteiger partial charge in [-0.1, -0.05) is 6.92 Å². The molecule has 1 aromatic carbocycles. The molecule has 0 radical (unpaired) electrons. The minimum Gasteiger partial charge on any atom is -0.464 e. The Hall–Kier alpha value is -2.17. The summed E-state index contributed by atoms with van der Waals surface area (Å²) < 4.78 is 17.5. The van der Waals surface area contributed by atoms with Crippen LogP contribution in [0.2, 0.25) is 0 Å². The van der Waals surface area contributed by atoms with Gasteiger partial charge in [-0.25, -0.2) is 14.2 Å². The summed E-state index contributed by atoms with van der Waals surface area (Å²) in [7, 11) is 1.31. The maximum Gasteiger partial charge on any atom is 0.358 e. The maximum atomic E-state index is 12.8. The van der Waals surface area contributed by atoms with Crippen molar-refractivity contribution in [3.05, 3.63) is 41.5 Å². The third-order valence-corrected chi connectivity index (χ3v) is 2.63. The number of esters is 1. The maximum absolute atomic E-state index is 12.8. The molecular formula is C13H13FN2O2. The van der Waals surface area contributed by atoms with E-state index in [9.17, 15) is 9.18 Å². The number of carbonyl (C=O) groups is 1. The molecule has 0 fully saturated rings. The lowest BCUT2D eigenvalue weighted by Crippen LogP contribution is -2.04. The van der Waals surface area contributed by atoms with Gasteiger partial charge < -0.3 is 9.72 Å². The number of aromatic nitrogens is 2. The second-order valence-corrected chi connectivity index (χ2v) is 3.76. The molecule has 18 heavy (non-hydrogen) atoms. The molecule has 0 bridgehead atoms. The number of hydrogen-bond acceptors (Lipinski definition) is 3. The molecule has 0 saturated carbocycles. The molecule has 1 aromatic heterocycles. The summed E-state index contributed by atoms with van der Waals surface area (Å²) in [5.41, 5.74) is 1.71. The summed E-state index contributed by atoms with van der Waals surface area (Å²) in [6, 6.07) is 5.91. The number of nitrogens with zero attached hydrogens (tertiary/aromatic N) is 1. The van der Waals surface area contributed by atoms with Crippen molar-refractivity contribution < 1.29 is 13.9 Å². The average Bonchev–Trinajstić information content (AvgIpc) is 2.82. The minimum atomic E-state index is -0.475. The van der Waals surface area contributed by atoms with Gasteiger partial charge in [-0.05, 0) is 30.7 Å². The Bertz CT molecular complexity index is 561. The molecule has 5 heteroatoms. The van der Waals surface area contributed by atoms with Crippen molar-refractivity contribution in [2.45, 2.75) is 13.3 Å². The Morgan fingerprint density at radius 3 is 2.61 bits per heavy atom. The number of rotatable bonds is 3. The van der Waals surface area contributed by atoms with Crippen molar-refractivity contribution in [1.82, 2.24) is 9.97 Å². The second kappa shape index (κ2) is 5.00. The van der Waals surface area contributed by atoms with Crippen LogP contribution < -0.4 is 0 Å². The topological polar surface area (TPSA) is 55.0 Å². The lowest BCUT2D eigenvalue weighted by molar-refractivity contribution is 0.0593. The van der Waals surface area contributed by atoms with Crippen LogP contribution in [0.4, 0.5) is 4.39 Å². The van der Waals surface area contributed by atoms with Gasteiger partial charge >= 0.3 is 5.97 Å². The van der Waals surface area contributed by atoms with Crippen LogP contribution in [0.15, 0.2) is 24.3 Å². The van der Waals surface area contributed by atoms with Gasteiger partial charge in [-0.15, -0.1) is 0 Å². The zero-order chi connectivity index (χ0) is 13.1. The molecule has 0 aliphatic carbocycles. The number of nitrogens with one attached hydrogen (secondary N) is 1. The Morgan fingerprint density at radius 2 is 2.06 bits per heavy atom. The molecule has 0 amide bonds. The molecule has 0 aliphatic heterocycles. The molecule has 2 aromatic rings. The molecule has 0 unspecified atom stereocenters. The lowest BCUT2D eigenvalue weighted by atomic mass is 10.2. The van der Waals surface area contributed by atoms with E-state index in [2.05, 4.69) is 14.7 Å². The quantitative estimate of drug-likeness (QED) is 0.849. The molecular weight excluding hydrogens is 235 g/mol. The predicted molar refractivity (Wildman–Crippen MR) is 64.7 cm³/mol. The number of imidazole rings is 1. The van der Waals surface area contributed by atoms with Crippen LogP contribution in [0.3, 0.4) is 0 Å². The van der Waals surface area contributed by atoms with Crippen LogP contribution in [-0.2, 0) is 11.2 Å². The van der Waals surface area contributed by atoms with E-state index in [1.807, 2.05) is 6.92 Å². The van der Waals surface area contributed by atoms with E-state index in [4.69, 9.17) is 0 Å². The van der Waals surface area contributed by atoms with Crippen LogP contribution in [0.25, 0.3) is 11.4 Å². The van der Waals surface area contributed by atoms with Crippen molar-refractivity contribution in [3.63, 3.8) is 0 Å². The Balaban J connectivity index is 2.43. The van der Waals surface area contributed by atoms with E-state index in [0.29, 0.717) is 17.9 Å². The Kier molecular flexibility index (Phi) is 3.41. The number of aryl methyl sites for hydroxylation is 1. The summed E-state index contributed by atoms with van der Waals surface area (Å²) in [5.74, 6) is -0.252. The van der Waals surface area contributed by atoms with E-state index in [-0.39, 0.29) is 11.5 Å². The monoisotopic (exact) mass is 248 g/mol. The predicted octanol–water partition coefficient (Wildman–Crippen LogP) is 2.56. The van der Waals surface area contributed by atoms with E-state index >= 15 is 0 Å². The number of carbonyl (C=O) groups excluding carboxylic acids is 1. The molecule has 4 nitrogen and oxygen atoms in total. The van der Waals surface area contributed by atoms with Gasteiger partial charge in [0.05, 0.1) is 7.11 Å². The normalized spacial score (nSPS) is 10.4. The van der Waals surface area contributed by atoms with Crippen molar-refractivity contribution in [3.8, 4) is 11.4 Å². The lowest BCUT2D eigenvalue weighted by Gasteiger charge is -1.95. The molecule has 2 rings (SSSR count). The summed E-state index contributed by atoms with van der Waals surface area (Å²) >= 11 is 0. The van der Waals surface area contributed by atoms with E-state index in [1.54, 1.807) is 12.1 Å². The molecule has 0 aliphatic rings. The minimum absolute atomic E-state index is 0.277. The van der Waals surface area contributed by atoms with Crippen LogP contribution in [0, 0.1) is 5.82 Å². The van der Waals surface area contributed by atoms with Crippen molar-refractivity contribution in [1.29, 1.82) is 0 Å². The zero-order valence-corrected chi connectivity index (χ0v) is 10.2. The van der Waals surface area contributed by atoms with Crippen molar-refractivity contribution >= 4 is 5.97 Å². The van der Waals surface area contributed by atoms with E-state index in [1.165, 1.54) is 19.2 Å². The number of benzene rings is 1. The van der Waals surface area contributed by atoms with E-state index < -0.39 is 5.97 Å². The number of methoxy groups -OCH3 is 1. The van der Waals surface area contributed by atoms with Gasteiger partial charge in [0.1, 0.15) is 11.6 Å². The highest BCUT2D eigenvalue weighted by molar-refractivity contribution is 5.89. The van der Waals surface area contributed by atoms with Gasteiger partial charge in [-0.2, -0.15) is 0 Å². The Morgan fingerprint density at radius 1 is 1.39 bits per heavy atom. The van der Waals surface area contributed by atoms with Crippen LogP contribution >= 0.6 is 0 Å². The highest BCUT2D eigenvalue weighted by atomic mass is 19.1. The number of halogens is 1. The van der Waals surface area contributed by atoms with Crippen LogP contribution in [-0.4, -0.2) is 23.0 Å². The molecule has 0 saturated heterocycles. The van der Waals surface area contributed by atoms with Crippen molar-refractivity contribution in [2.75, 3.05) is 7.11 Å². The van der Waals surface area contributed by atoms with Gasteiger partial charge in [0.2, 0.25) is 0 Å². The summed E-state index contributed by atoms with van der Waals surface area (Å²) in [6.07, 6.45) is 0.638. The van der Waals surface area contributed by atoms with Crippen LogP contribution in [0.1, 0.15) is 23.1 Å². The first-order valence-electron chi connectivity index (χ1n) is 5.58. The summed E-state index contributed by atoms with van der Waals surface area (Å²) in [6.45, 7) is 1.91. The number of ether oxygens (including phenoxy) is 1. The zero-order valence-electron chi connectivity index (χ0n) is 10.2. The average molecular weight is 248 g/mol. The first-order valence-corrected chi connectivity index (χ1v) is 5.58. The standard InChI is InChI=1S/C13H13FN2O2/c1-3-10-11(13(17)18-2)16-12(15-10)8-4-6-9(14)7-5-8/h4-7H,3H2,1-2H3,(H,15,16). The second-order valence-electron chi connectivity index (χ2n) is 3.76. The molecule has 1 N–H and O–H groups in total. The molecule has 1 heterocycles. The summed E-state index contributed by atoms with van der Waals surface area (Å²) in [5, 5.41) is 0. The molecule has 94 valence electrons. The third kappa shape index (κ3) is 2.25. The van der Waals surface area contributed by atoms with E-state index in [0.717, 1.165) is 5.56 Å². The van der Waals surface area contributed by atoms with Crippen LogP contribution in [0.5, 0.6) is 0 Å². The van der Waals surface area contributed by atoms with Gasteiger partial charge in [0.15, 0.2) is 5.69 Å². The number of aromatic amines is 1. The van der Waals surface area contributed by atoms with Gasteiger partial charge in [0, 0.05) is 11.3 Å². The first kappa shape index (κ1) is 12.3. The van der Waals surface area contributed by atoms with Gasteiger partial charge in [-0.3, -0.25) is 0 Å². The molecule has 0 spiro atoms. The largest absolute Gasteiger partial charge is 0.464 e. The highest BCUT2D eigenvalue weighted by Gasteiger charge is 2.17. The third-order valence-electron chi connectivity index (χ3n) is 2.63. The summed E-state index contributed by atoms with van der Waals surface area (Å²) in [4.78, 5) is 18.8. The molecule has 0 atom stereocenters. The fourth-order valence-electron chi connectivity index (χ4n) is 1.68. The van der Waals surface area contributed by atoms with Crippen molar-refractivity contribution in [2.24, 2.45) is 0 Å². The smallest absolute Gasteiger partial charge is 0.358 e. The number of H-pyrrole nitrogens is 1. The highest BCUT2D eigenvalue weighted by Crippen LogP contribution is 2.19. The fraction of sp³-hybridized carbons (Fsp3) is 0.231. The fourth-order valence-corrected chi connectivity index (χ4v) is 1.68. The first-order chi connectivity index (χ1) is 8.65. The Labute approximate surface area is 104 Å². The van der Waals surface area contributed by atoms with Gasteiger partial charge in [0.25, 0.3) is 0 Å².